The molecule has 0 bridgehead atoms. The molecule has 1 aromatic heterocycles. The van der Waals surface area contributed by atoms with Gasteiger partial charge in [-0.25, -0.2) is 9.07 Å². The lowest BCUT2D eigenvalue weighted by molar-refractivity contribution is -0.143. The van der Waals surface area contributed by atoms with Crippen molar-refractivity contribution >= 4 is 17.6 Å². The molecule has 122 valence electrons. The molecule has 1 N–H and O–H groups in total. The van der Waals surface area contributed by atoms with Crippen molar-refractivity contribution in [3.8, 4) is 5.69 Å². The van der Waals surface area contributed by atoms with Crippen molar-refractivity contribution in [1.82, 2.24) is 19.9 Å². The van der Waals surface area contributed by atoms with Crippen LogP contribution in [0.5, 0.6) is 0 Å². The van der Waals surface area contributed by atoms with Crippen molar-refractivity contribution in [2.45, 2.75) is 19.4 Å². The lowest BCUT2D eigenvalue weighted by atomic mass is 9.98. The molecular weight excluding hydrogens is 323 g/mol. The molecule has 1 aliphatic heterocycles. The zero-order valence-electron chi connectivity index (χ0n) is 12.3. The van der Waals surface area contributed by atoms with Crippen LogP contribution in [0.4, 0.5) is 4.39 Å². The maximum atomic E-state index is 13.2. The molecule has 6 nitrogen and oxygen atoms in total. The Morgan fingerprint density at radius 2 is 2.30 bits per heavy atom. The summed E-state index contributed by atoms with van der Waals surface area (Å²) in [4.78, 5) is 13.2. The van der Waals surface area contributed by atoms with Gasteiger partial charge in [-0.1, -0.05) is 16.8 Å². The quantitative estimate of drug-likeness (QED) is 0.926. The number of hydrogen-bond donors (Lipinski definition) is 1. The molecule has 23 heavy (non-hydrogen) atoms. The fourth-order valence-corrected chi connectivity index (χ4v) is 2.93. The van der Waals surface area contributed by atoms with Crippen LogP contribution >= 0.6 is 11.6 Å². The largest absolute Gasteiger partial charge is 0.481 e. The third kappa shape index (κ3) is 3.68. The fraction of sp³-hybridized carbons (Fsp3) is 0.400. The van der Waals surface area contributed by atoms with E-state index in [1.54, 1.807) is 12.3 Å². The van der Waals surface area contributed by atoms with Gasteiger partial charge in [0.15, 0.2) is 0 Å². The number of nitrogens with zero attached hydrogens (tertiary/aromatic N) is 4. The van der Waals surface area contributed by atoms with Gasteiger partial charge in [-0.2, -0.15) is 0 Å². The van der Waals surface area contributed by atoms with E-state index in [4.69, 9.17) is 16.7 Å². The van der Waals surface area contributed by atoms with E-state index in [1.807, 2.05) is 0 Å². The van der Waals surface area contributed by atoms with Crippen molar-refractivity contribution in [1.29, 1.82) is 0 Å². The van der Waals surface area contributed by atoms with Gasteiger partial charge in [0.05, 0.1) is 28.5 Å². The van der Waals surface area contributed by atoms with Gasteiger partial charge in [0.2, 0.25) is 0 Å². The molecule has 0 spiro atoms. The van der Waals surface area contributed by atoms with E-state index in [1.165, 1.54) is 16.8 Å². The summed E-state index contributed by atoms with van der Waals surface area (Å²) in [5, 5.41) is 17.3. The number of likely N-dealkylation sites (tertiary alicyclic amines) is 1. The minimum absolute atomic E-state index is 0.0277. The Kier molecular flexibility index (Phi) is 4.58. The molecule has 0 aliphatic carbocycles. The summed E-state index contributed by atoms with van der Waals surface area (Å²) < 4.78 is 14.7. The van der Waals surface area contributed by atoms with Crippen LogP contribution in [0.15, 0.2) is 24.4 Å². The van der Waals surface area contributed by atoms with Gasteiger partial charge in [0.1, 0.15) is 5.82 Å². The van der Waals surface area contributed by atoms with Gasteiger partial charge in [0.25, 0.3) is 0 Å². The van der Waals surface area contributed by atoms with Gasteiger partial charge >= 0.3 is 5.97 Å². The molecule has 1 saturated heterocycles. The third-order valence-electron chi connectivity index (χ3n) is 3.95. The van der Waals surface area contributed by atoms with E-state index in [9.17, 15) is 9.18 Å². The standard InChI is InChI=1S/C15H16ClFN4O2/c16-13-6-12(3-4-14(13)17)21-9-11(18-19-21)8-20-5-1-2-10(7-20)15(22)23/h3-4,6,9-10H,1-2,5,7-8H2,(H,22,23). The van der Waals surface area contributed by atoms with Gasteiger partial charge in [-0.05, 0) is 37.6 Å². The maximum Gasteiger partial charge on any atom is 0.307 e. The summed E-state index contributed by atoms with van der Waals surface area (Å²) in [7, 11) is 0. The first-order valence-electron chi connectivity index (χ1n) is 7.35. The van der Waals surface area contributed by atoms with E-state index < -0.39 is 11.8 Å². The van der Waals surface area contributed by atoms with Crippen LogP contribution in [0.1, 0.15) is 18.5 Å². The predicted octanol–water partition coefficient (Wildman–Crippen LogP) is 2.36. The molecule has 3 rings (SSSR count). The minimum Gasteiger partial charge on any atom is -0.481 e. The number of aromatic nitrogens is 3. The maximum absolute atomic E-state index is 13.2. The van der Waals surface area contributed by atoms with Gasteiger partial charge in [0, 0.05) is 13.1 Å². The molecule has 0 radical (unpaired) electrons. The second-order valence-electron chi connectivity index (χ2n) is 5.67. The first kappa shape index (κ1) is 15.9. The molecule has 1 atom stereocenters. The molecule has 8 heteroatoms. The number of carboxylic acids is 1. The molecule has 1 fully saturated rings. The number of rotatable bonds is 4. The lowest BCUT2D eigenvalue weighted by Crippen LogP contribution is -2.38. The third-order valence-corrected chi connectivity index (χ3v) is 4.24. The molecular formula is C15H16ClFN4O2. The average Bonchev–Trinajstić information content (AvgIpc) is 2.99. The SMILES string of the molecule is O=C(O)C1CCCN(Cc2cn(-c3ccc(F)c(Cl)c3)nn2)C1. The minimum atomic E-state index is -0.751. The van der Waals surface area contributed by atoms with Crippen LogP contribution in [0.2, 0.25) is 5.02 Å². The summed E-state index contributed by atoms with van der Waals surface area (Å²) in [5.74, 6) is -1.56. The smallest absolute Gasteiger partial charge is 0.307 e. The molecule has 2 heterocycles. The fourth-order valence-electron chi connectivity index (χ4n) is 2.75. The van der Waals surface area contributed by atoms with Crippen molar-refractivity contribution in [2.75, 3.05) is 13.1 Å². The van der Waals surface area contributed by atoms with Gasteiger partial charge in [-0.15, -0.1) is 5.10 Å². The topological polar surface area (TPSA) is 71.2 Å². The molecule has 2 aromatic rings. The van der Waals surface area contributed by atoms with E-state index in [-0.39, 0.29) is 10.9 Å². The summed E-state index contributed by atoms with van der Waals surface area (Å²) in [6.45, 7) is 1.91. The van der Waals surface area contributed by atoms with E-state index in [2.05, 4.69) is 15.2 Å². The number of aliphatic carboxylic acids is 1. The molecule has 0 amide bonds. The Balaban J connectivity index is 1.69. The Labute approximate surface area is 137 Å². The highest BCUT2D eigenvalue weighted by molar-refractivity contribution is 6.30. The molecule has 1 aliphatic rings. The monoisotopic (exact) mass is 338 g/mol. The molecule has 1 unspecified atom stereocenters. The van der Waals surface area contributed by atoms with Gasteiger partial charge < -0.3 is 5.11 Å². The van der Waals surface area contributed by atoms with E-state index >= 15 is 0 Å². The predicted molar refractivity (Wildman–Crippen MR) is 82.0 cm³/mol. The number of carbonyl (C=O) groups is 1. The number of piperidine rings is 1. The van der Waals surface area contributed by atoms with Crippen LogP contribution in [0.3, 0.4) is 0 Å². The number of hydrogen-bond acceptors (Lipinski definition) is 4. The molecule has 0 saturated carbocycles. The molecule has 1 aromatic carbocycles. The number of carboxylic acid groups (broad SMARTS) is 1. The first-order valence-corrected chi connectivity index (χ1v) is 7.72. The highest BCUT2D eigenvalue weighted by Crippen LogP contribution is 2.20. The highest BCUT2D eigenvalue weighted by atomic mass is 35.5. The summed E-state index contributed by atoms with van der Waals surface area (Å²) >= 11 is 5.77. The van der Waals surface area contributed by atoms with Crippen LogP contribution in [-0.2, 0) is 11.3 Å². The van der Waals surface area contributed by atoms with Gasteiger partial charge in [-0.3, -0.25) is 9.69 Å². The summed E-state index contributed by atoms with van der Waals surface area (Å²) in [6.07, 6.45) is 3.32. The van der Waals surface area contributed by atoms with E-state index in [0.717, 1.165) is 18.7 Å². The first-order chi connectivity index (χ1) is 11.0. The average molecular weight is 339 g/mol. The number of benzene rings is 1. The second kappa shape index (κ2) is 6.64. The van der Waals surface area contributed by atoms with Crippen molar-refractivity contribution in [2.24, 2.45) is 5.92 Å². The van der Waals surface area contributed by atoms with E-state index in [0.29, 0.717) is 25.2 Å². The second-order valence-corrected chi connectivity index (χ2v) is 6.07. The lowest BCUT2D eigenvalue weighted by Gasteiger charge is -2.29. The zero-order valence-corrected chi connectivity index (χ0v) is 13.1. The Bertz CT molecular complexity index is 721. The van der Waals surface area contributed by atoms with Crippen LogP contribution in [0, 0.1) is 11.7 Å². The zero-order chi connectivity index (χ0) is 16.4. The Morgan fingerprint density at radius 3 is 3.04 bits per heavy atom. The van der Waals surface area contributed by atoms with Crippen LogP contribution in [-0.4, -0.2) is 44.1 Å². The Morgan fingerprint density at radius 1 is 1.48 bits per heavy atom. The summed E-state index contributed by atoms with van der Waals surface area (Å²) in [5.41, 5.74) is 1.36. The van der Waals surface area contributed by atoms with Crippen molar-refractivity contribution in [3.63, 3.8) is 0 Å². The highest BCUT2D eigenvalue weighted by Gasteiger charge is 2.25. The normalized spacial score (nSPS) is 19.0. The van der Waals surface area contributed by atoms with Crippen molar-refractivity contribution < 1.29 is 14.3 Å². The van der Waals surface area contributed by atoms with Crippen LogP contribution < -0.4 is 0 Å². The van der Waals surface area contributed by atoms with Crippen LogP contribution in [0.25, 0.3) is 5.69 Å². The number of halogens is 2. The van der Waals surface area contributed by atoms with Crippen molar-refractivity contribution in [3.05, 3.63) is 40.9 Å². The summed E-state index contributed by atoms with van der Waals surface area (Å²) in [6, 6.07) is 4.33. The Hall–Kier alpha value is -1.99.